The third-order valence-corrected chi connectivity index (χ3v) is 5.52. The summed E-state index contributed by atoms with van der Waals surface area (Å²) in [6.07, 6.45) is 1.26. The first-order valence-corrected chi connectivity index (χ1v) is 9.36. The molecule has 1 amide bonds. The second kappa shape index (κ2) is 7.92. The predicted octanol–water partition coefficient (Wildman–Crippen LogP) is 2.68. The van der Waals surface area contributed by atoms with E-state index >= 15 is 0 Å². The second-order valence-electron chi connectivity index (χ2n) is 6.30. The van der Waals surface area contributed by atoms with E-state index in [1.165, 1.54) is 16.9 Å². The van der Waals surface area contributed by atoms with Gasteiger partial charge in [0.15, 0.2) is 0 Å². The highest BCUT2D eigenvalue weighted by molar-refractivity contribution is 7.12. The van der Waals surface area contributed by atoms with Crippen LogP contribution in [0.1, 0.15) is 34.1 Å². The molecule has 0 spiro atoms. The minimum Gasteiger partial charge on any atom is -0.392 e. The van der Waals surface area contributed by atoms with Crippen LogP contribution in [-0.4, -0.2) is 41.1 Å². The number of aliphatic hydroxyl groups is 1. The minimum absolute atomic E-state index is 0.00269. The average Bonchev–Trinajstić information content (AvgIpc) is 3.20. The van der Waals surface area contributed by atoms with E-state index in [0.717, 1.165) is 23.4 Å². The molecule has 1 aliphatic rings. The Bertz CT molecular complexity index is 671. The molecule has 24 heavy (non-hydrogen) atoms. The highest BCUT2D eigenvalue weighted by atomic mass is 32.1. The van der Waals surface area contributed by atoms with Crippen molar-refractivity contribution in [2.24, 2.45) is 0 Å². The lowest BCUT2D eigenvalue weighted by Crippen LogP contribution is -2.39. The first-order valence-electron chi connectivity index (χ1n) is 8.48. The fourth-order valence-electron chi connectivity index (χ4n) is 3.29. The molecule has 4 nitrogen and oxygen atoms in total. The fraction of sp³-hybridized carbons (Fsp3) is 0.421. The Hall–Kier alpha value is -1.69. The van der Waals surface area contributed by atoms with Gasteiger partial charge in [0.05, 0.1) is 11.0 Å². The summed E-state index contributed by atoms with van der Waals surface area (Å²) in [5.41, 5.74) is 2.33. The van der Waals surface area contributed by atoms with E-state index in [-0.39, 0.29) is 18.1 Å². The van der Waals surface area contributed by atoms with Gasteiger partial charge in [0.25, 0.3) is 5.91 Å². The normalized spacial score (nSPS) is 21.1. The summed E-state index contributed by atoms with van der Waals surface area (Å²) in [7, 11) is 0. The monoisotopic (exact) mass is 344 g/mol. The maximum absolute atomic E-state index is 12.4. The molecule has 1 aromatic heterocycles. The van der Waals surface area contributed by atoms with E-state index < -0.39 is 0 Å². The van der Waals surface area contributed by atoms with E-state index in [1.807, 2.05) is 29.6 Å². The summed E-state index contributed by atoms with van der Waals surface area (Å²) in [6, 6.07) is 12.4. The number of hydrogen-bond acceptors (Lipinski definition) is 4. The maximum atomic E-state index is 12.4. The molecule has 0 bridgehead atoms. The first-order chi connectivity index (χ1) is 11.7. The van der Waals surface area contributed by atoms with Crippen LogP contribution in [-0.2, 0) is 13.0 Å². The standard InChI is InChI=1S/C19H24N2O2S/c1-2-15-8-9-24-18(15)19(23)20-11-16-10-17(22)13-21(16)12-14-6-4-3-5-7-14/h3-9,16-17,22H,2,10-13H2,1H3,(H,20,23). The van der Waals surface area contributed by atoms with E-state index in [4.69, 9.17) is 0 Å². The van der Waals surface area contributed by atoms with Crippen LogP contribution in [0.15, 0.2) is 41.8 Å². The highest BCUT2D eigenvalue weighted by Crippen LogP contribution is 2.21. The minimum atomic E-state index is -0.316. The molecule has 2 N–H and O–H groups in total. The third-order valence-electron chi connectivity index (χ3n) is 4.57. The average molecular weight is 344 g/mol. The molecule has 5 heteroatoms. The molecule has 2 unspecified atom stereocenters. The van der Waals surface area contributed by atoms with Gasteiger partial charge in [-0.3, -0.25) is 9.69 Å². The van der Waals surface area contributed by atoms with E-state index in [9.17, 15) is 9.90 Å². The first kappa shape index (κ1) is 17.1. The summed E-state index contributed by atoms with van der Waals surface area (Å²) in [6.45, 7) is 4.10. The van der Waals surface area contributed by atoms with Crippen LogP contribution in [0.25, 0.3) is 0 Å². The fourth-order valence-corrected chi connectivity index (χ4v) is 4.20. The van der Waals surface area contributed by atoms with Gasteiger partial charge in [-0.15, -0.1) is 11.3 Å². The van der Waals surface area contributed by atoms with Gasteiger partial charge in [0.2, 0.25) is 0 Å². The molecule has 1 fully saturated rings. The number of benzene rings is 1. The Morgan fingerprint density at radius 3 is 2.88 bits per heavy atom. The van der Waals surface area contributed by atoms with Crippen LogP contribution in [0.4, 0.5) is 0 Å². The van der Waals surface area contributed by atoms with Gasteiger partial charge >= 0.3 is 0 Å². The Labute approximate surface area is 147 Å². The highest BCUT2D eigenvalue weighted by Gasteiger charge is 2.31. The summed E-state index contributed by atoms with van der Waals surface area (Å²) in [5, 5.41) is 15.1. The van der Waals surface area contributed by atoms with Gasteiger partial charge in [-0.05, 0) is 35.4 Å². The molecule has 3 rings (SSSR count). The third kappa shape index (κ3) is 4.04. The Balaban J connectivity index is 1.59. The molecular formula is C19H24N2O2S. The van der Waals surface area contributed by atoms with Crippen molar-refractivity contribution in [1.82, 2.24) is 10.2 Å². The quantitative estimate of drug-likeness (QED) is 0.847. The second-order valence-corrected chi connectivity index (χ2v) is 7.21. The molecule has 0 saturated carbocycles. The van der Waals surface area contributed by atoms with Crippen LogP contribution in [0.2, 0.25) is 0 Å². The van der Waals surface area contributed by atoms with Gasteiger partial charge in [-0.1, -0.05) is 37.3 Å². The zero-order chi connectivity index (χ0) is 16.9. The molecule has 1 saturated heterocycles. The van der Waals surface area contributed by atoms with E-state index in [0.29, 0.717) is 19.5 Å². The number of aryl methyl sites for hydroxylation is 1. The van der Waals surface area contributed by atoms with Gasteiger partial charge < -0.3 is 10.4 Å². The number of carbonyl (C=O) groups excluding carboxylic acids is 1. The van der Waals surface area contributed by atoms with Gasteiger partial charge in [0.1, 0.15) is 0 Å². The molecule has 1 aliphatic heterocycles. The molecule has 128 valence electrons. The number of hydrogen-bond donors (Lipinski definition) is 2. The number of nitrogens with zero attached hydrogens (tertiary/aromatic N) is 1. The largest absolute Gasteiger partial charge is 0.392 e. The van der Waals surface area contributed by atoms with E-state index in [2.05, 4.69) is 29.3 Å². The van der Waals surface area contributed by atoms with E-state index in [1.54, 1.807) is 0 Å². The number of likely N-dealkylation sites (tertiary alicyclic amines) is 1. The zero-order valence-electron chi connectivity index (χ0n) is 13.9. The van der Waals surface area contributed by atoms with Crippen LogP contribution in [0.3, 0.4) is 0 Å². The Morgan fingerprint density at radius 2 is 2.12 bits per heavy atom. The molecule has 1 aromatic carbocycles. The molecule has 2 atom stereocenters. The molecule has 0 radical (unpaired) electrons. The topological polar surface area (TPSA) is 52.6 Å². The maximum Gasteiger partial charge on any atom is 0.261 e. The smallest absolute Gasteiger partial charge is 0.261 e. The SMILES string of the molecule is CCc1ccsc1C(=O)NCC1CC(O)CN1Cc1ccccc1. The van der Waals surface area contributed by atoms with Crippen LogP contribution in [0, 0.1) is 0 Å². The lowest BCUT2D eigenvalue weighted by molar-refractivity contribution is 0.0943. The van der Waals surface area contributed by atoms with Crippen molar-refractivity contribution in [3.63, 3.8) is 0 Å². The Kier molecular flexibility index (Phi) is 5.66. The lowest BCUT2D eigenvalue weighted by Gasteiger charge is -2.24. The number of β-amino-alcohol motifs (C(OH)–C–C–N with tert-alkyl or cyclic N) is 1. The number of amides is 1. The van der Waals surface area contributed by atoms with Gasteiger partial charge in [0, 0.05) is 25.7 Å². The summed E-state index contributed by atoms with van der Waals surface area (Å²) in [5.74, 6) is 0.00269. The van der Waals surface area contributed by atoms with Crippen LogP contribution < -0.4 is 5.32 Å². The van der Waals surface area contributed by atoms with Crippen molar-refractivity contribution < 1.29 is 9.90 Å². The van der Waals surface area contributed by atoms with Crippen LogP contribution >= 0.6 is 11.3 Å². The number of carbonyl (C=O) groups is 1. The molecule has 2 heterocycles. The Morgan fingerprint density at radius 1 is 1.33 bits per heavy atom. The number of aliphatic hydroxyl groups excluding tert-OH is 1. The van der Waals surface area contributed by atoms with Crippen LogP contribution in [0.5, 0.6) is 0 Å². The zero-order valence-corrected chi connectivity index (χ0v) is 14.8. The molecule has 2 aromatic rings. The number of rotatable bonds is 6. The summed E-state index contributed by atoms with van der Waals surface area (Å²) >= 11 is 1.49. The molecular weight excluding hydrogens is 320 g/mol. The van der Waals surface area contributed by atoms with Gasteiger partial charge in [-0.2, -0.15) is 0 Å². The van der Waals surface area contributed by atoms with Gasteiger partial charge in [-0.25, -0.2) is 0 Å². The van der Waals surface area contributed by atoms with Crippen molar-refractivity contribution in [2.75, 3.05) is 13.1 Å². The number of thiophene rings is 1. The predicted molar refractivity (Wildman–Crippen MR) is 97.3 cm³/mol. The summed E-state index contributed by atoms with van der Waals surface area (Å²) in [4.78, 5) is 15.5. The number of nitrogens with one attached hydrogen (secondary N) is 1. The van der Waals surface area contributed by atoms with Crippen molar-refractivity contribution in [3.8, 4) is 0 Å². The van der Waals surface area contributed by atoms with Crippen molar-refractivity contribution in [1.29, 1.82) is 0 Å². The molecule has 0 aliphatic carbocycles. The van der Waals surface area contributed by atoms with Crippen molar-refractivity contribution in [3.05, 3.63) is 57.8 Å². The van der Waals surface area contributed by atoms with Crippen molar-refractivity contribution in [2.45, 2.75) is 38.5 Å². The van der Waals surface area contributed by atoms with Crippen molar-refractivity contribution >= 4 is 17.2 Å². The lowest BCUT2D eigenvalue weighted by atomic mass is 10.1. The summed E-state index contributed by atoms with van der Waals surface area (Å²) < 4.78 is 0.